The number of nitrogens with zero attached hydrogens (tertiary/aromatic N) is 1. The van der Waals surface area contributed by atoms with Gasteiger partial charge < -0.3 is 15.4 Å². The minimum absolute atomic E-state index is 0.0219. The van der Waals surface area contributed by atoms with Gasteiger partial charge in [0.05, 0.1) is 0 Å². The SMILES string of the molecule is Cc1ccc(OCC(=O)N2CCCc3ccccc32)cc1N. The first-order valence-electron chi connectivity index (χ1n) is 7.52. The van der Waals surface area contributed by atoms with Crippen molar-refractivity contribution in [1.29, 1.82) is 0 Å². The second-order valence-corrected chi connectivity index (χ2v) is 5.58. The zero-order valence-corrected chi connectivity index (χ0v) is 12.7. The maximum absolute atomic E-state index is 12.5. The van der Waals surface area contributed by atoms with Crippen LogP contribution in [0.3, 0.4) is 0 Å². The molecule has 1 aliphatic heterocycles. The molecule has 0 aliphatic carbocycles. The lowest BCUT2D eigenvalue weighted by Crippen LogP contribution is -2.38. The Morgan fingerprint density at radius 1 is 1.27 bits per heavy atom. The van der Waals surface area contributed by atoms with Crippen molar-refractivity contribution in [1.82, 2.24) is 0 Å². The van der Waals surface area contributed by atoms with E-state index in [4.69, 9.17) is 10.5 Å². The molecule has 0 spiro atoms. The normalized spacial score (nSPS) is 13.6. The zero-order valence-electron chi connectivity index (χ0n) is 12.7. The van der Waals surface area contributed by atoms with Crippen molar-refractivity contribution in [3.05, 3.63) is 53.6 Å². The fourth-order valence-corrected chi connectivity index (χ4v) is 2.72. The van der Waals surface area contributed by atoms with Crippen LogP contribution in [0.1, 0.15) is 17.5 Å². The smallest absolute Gasteiger partial charge is 0.264 e. The summed E-state index contributed by atoms with van der Waals surface area (Å²) in [4.78, 5) is 14.3. The summed E-state index contributed by atoms with van der Waals surface area (Å²) in [7, 11) is 0. The first-order chi connectivity index (χ1) is 10.6. The summed E-state index contributed by atoms with van der Waals surface area (Å²) in [6.45, 7) is 2.71. The first kappa shape index (κ1) is 14.4. The molecule has 2 aromatic rings. The van der Waals surface area contributed by atoms with Gasteiger partial charge in [-0.3, -0.25) is 4.79 Å². The molecule has 0 saturated carbocycles. The molecule has 0 unspecified atom stereocenters. The van der Waals surface area contributed by atoms with Crippen molar-refractivity contribution in [2.24, 2.45) is 0 Å². The lowest BCUT2D eigenvalue weighted by atomic mass is 10.0. The standard InChI is InChI=1S/C18H20N2O2/c1-13-8-9-15(11-16(13)19)22-12-18(21)20-10-4-6-14-5-2-3-7-17(14)20/h2-3,5,7-9,11H,4,6,10,12,19H2,1H3. The monoisotopic (exact) mass is 296 g/mol. The molecular formula is C18H20N2O2. The summed E-state index contributed by atoms with van der Waals surface area (Å²) < 4.78 is 5.60. The van der Waals surface area contributed by atoms with E-state index in [0.29, 0.717) is 11.4 Å². The maximum Gasteiger partial charge on any atom is 0.264 e. The van der Waals surface area contributed by atoms with Gasteiger partial charge in [-0.25, -0.2) is 0 Å². The van der Waals surface area contributed by atoms with Crippen LogP contribution >= 0.6 is 0 Å². The molecule has 2 aromatic carbocycles. The van der Waals surface area contributed by atoms with E-state index < -0.39 is 0 Å². The van der Waals surface area contributed by atoms with Crippen molar-refractivity contribution < 1.29 is 9.53 Å². The van der Waals surface area contributed by atoms with Gasteiger partial charge in [0.15, 0.2) is 6.61 Å². The first-order valence-corrected chi connectivity index (χ1v) is 7.52. The van der Waals surface area contributed by atoms with Crippen LogP contribution in [0.15, 0.2) is 42.5 Å². The number of carbonyl (C=O) groups is 1. The molecule has 0 atom stereocenters. The number of para-hydroxylation sites is 1. The van der Waals surface area contributed by atoms with Gasteiger partial charge in [-0.1, -0.05) is 24.3 Å². The zero-order chi connectivity index (χ0) is 15.5. The van der Waals surface area contributed by atoms with Crippen LogP contribution in [0.5, 0.6) is 5.75 Å². The van der Waals surface area contributed by atoms with E-state index >= 15 is 0 Å². The van der Waals surface area contributed by atoms with E-state index in [1.165, 1.54) is 5.56 Å². The number of hydrogen-bond acceptors (Lipinski definition) is 3. The van der Waals surface area contributed by atoms with E-state index in [1.807, 2.05) is 42.2 Å². The van der Waals surface area contributed by atoms with Crippen molar-refractivity contribution >= 4 is 17.3 Å². The molecule has 0 saturated heterocycles. The van der Waals surface area contributed by atoms with Crippen LogP contribution in [0, 0.1) is 6.92 Å². The molecule has 0 bridgehead atoms. The lowest BCUT2D eigenvalue weighted by Gasteiger charge is -2.29. The topological polar surface area (TPSA) is 55.6 Å². The number of nitrogens with two attached hydrogens (primary N) is 1. The Morgan fingerprint density at radius 2 is 2.09 bits per heavy atom. The highest BCUT2D eigenvalue weighted by Gasteiger charge is 2.22. The molecule has 0 fully saturated rings. The van der Waals surface area contributed by atoms with Gasteiger partial charge in [-0.2, -0.15) is 0 Å². The van der Waals surface area contributed by atoms with Gasteiger partial charge >= 0.3 is 0 Å². The fraction of sp³-hybridized carbons (Fsp3) is 0.278. The molecule has 3 rings (SSSR count). The molecule has 22 heavy (non-hydrogen) atoms. The predicted molar refractivity (Wildman–Crippen MR) is 88.2 cm³/mol. The van der Waals surface area contributed by atoms with Crippen molar-refractivity contribution in [3.63, 3.8) is 0 Å². The Labute approximate surface area is 130 Å². The number of amides is 1. The van der Waals surface area contributed by atoms with Crippen LogP contribution in [-0.2, 0) is 11.2 Å². The average Bonchev–Trinajstić information content (AvgIpc) is 2.55. The molecular weight excluding hydrogens is 276 g/mol. The number of aryl methyl sites for hydroxylation is 2. The Balaban J connectivity index is 1.69. The van der Waals surface area contributed by atoms with E-state index in [9.17, 15) is 4.79 Å². The second kappa shape index (κ2) is 6.10. The molecule has 2 N–H and O–H groups in total. The van der Waals surface area contributed by atoms with Gasteiger partial charge in [0, 0.05) is 24.0 Å². The maximum atomic E-state index is 12.5. The fourth-order valence-electron chi connectivity index (χ4n) is 2.72. The minimum Gasteiger partial charge on any atom is -0.484 e. The second-order valence-electron chi connectivity index (χ2n) is 5.58. The number of anilines is 2. The number of fused-ring (bicyclic) bond motifs is 1. The van der Waals surface area contributed by atoms with Gasteiger partial charge in [-0.05, 0) is 43.0 Å². The predicted octanol–water partition coefficient (Wildman–Crippen LogP) is 2.94. The average molecular weight is 296 g/mol. The Kier molecular flexibility index (Phi) is 4.00. The van der Waals surface area contributed by atoms with Crippen molar-refractivity contribution in [3.8, 4) is 5.75 Å². The van der Waals surface area contributed by atoms with Crippen LogP contribution < -0.4 is 15.4 Å². The number of nitrogen functional groups attached to an aromatic ring is 1. The summed E-state index contributed by atoms with van der Waals surface area (Å²) in [5.41, 5.74) is 9.76. The number of carbonyl (C=O) groups excluding carboxylic acids is 1. The summed E-state index contributed by atoms with van der Waals surface area (Å²) in [5.74, 6) is 0.605. The minimum atomic E-state index is -0.0219. The third-order valence-electron chi connectivity index (χ3n) is 4.02. The van der Waals surface area contributed by atoms with Crippen LogP contribution in [0.4, 0.5) is 11.4 Å². The largest absolute Gasteiger partial charge is 0.484 e. The van der Waals surface area contributed by atoms with Gasteiger partial charge in [0.25, 0.3) is 5.91 Å². The van der Waals surface area contributed by atoms with Gasteiger partial charge in [0.2, 0.25) is 0 Å². The van der Waals surface area contributed by atoms with Gasteiger partial charge in [-0.15, -0.1) is 0 Å². The number of hydrogen-bond donors (Lipinski definition) is 1. The molecule has 4 nitrogen and oxygen atoms in total. The molecule has 4 heteroatoms. The Hall–Kier alpha value is -2.49. The number of ether oxygens (including phenoxy) is 1. The van der Waals surface area contributed by atoms with Crippen LogP contribution in [0.2, 0.25) is 0 Å². The highest BCUT2D eigenvalue weighted by atomic mass is 16.5. The van der Waals surface area contributed by atoms with E-state index in [2.05, 4.69) is 6.07 Å². The van der Waals surface area contributed by atoms with E-state index in [0.717, 1.165) is 30.6 Å². The molecule has 0 radical (unpaired) electrons. The molecule has 1 heterocycles. The highest BCUT2D eigenvalue weighted by molar-refractivity contribution is 5.95. The van der Waals surface area contributed by atoms with Gasteiger partial charge in [0.1, 0.15) is 5.75 Å². The van der Waals surface area contributed by atoms with Crippen molar-refractivity contribution in [2.75, 3.05) is 23.8 Å². The summed E-state index contributed by atoms with van der Waals surface area (Å²) >= 11 is 0. The third-order valence-corrected chi connectivity index (χ3v) is 4.02. The highest BCUT2D eigenvalue weighted by Crippen LogP contribution is 2.27. The molecule has 0 aromatic heterocycles. The lowest BCUT2D eigenvalue weighted by molar-refractivity contribution is -0.120. The summed E-state index contributed by atoms with van der Waals surface area (Å²) in [6.07, 6.45) is 2.01. The van der Waals surface area contributed by atoms with Crippen LogP contribution in [0.25, 0.3) is 0 Å². The third kappa shape index (κ3) is 2.91. The summed E-state index contributed by atoms with van der Waals surface area (Å²) in [5, 5.41) is 0. The quantitative estimate of drug-likeness (QED) is 0.886. The Morgan fingerprint density at radius 3 is 2.91 bits per heavy atom. The molecule has 114 valence electrons. The number of rotatable bonds is 3. The van der Waals surface area contributed by atoms with E-state index in [1.54, 1.807) is 6.07 Å². The number of benzene rings is 2. The van der Waals surface area contributed by atoms with Crippen LogP contribution in [-0.4, -0.2) is 19.1 Å². The summed E-state index contributed by atoms with van der Waals surface area (Å²) in [6, 6.07) is 13.5. The van der Waals surface area contributed by atoms with E-state index in [-0.39, 0.29) is 12.5 Å². The Bertz CT molecular complexity index is 697. The molecule has 1 aliphatic rings. The van der Waals surface area contributed by atoms with Crippen molar-refractivity contribution in [2.45, 2.75) is 19.8 Å². The molecule has 1 amide bonds.